The summed E-state index contributed by atoms with van der Waals surface area (Å²) in [5.41, 5.74) is 1.39. The van der Waals surface area contributed by atoms with Gasteiger partial charge in [-0.25, -0.2) is 0 Å². The zero-order valence-electron chi connectivity index (χ0n) is 13.6. The number of hydrogen-bond acceptors (Lipinski definition) is 2. The Hall–Kier alpha value is -1.35. The van der Waals surface area contributed by atoms with Gasteiger partial charge in [0, 0.05) is 12.0 Å². The van der Waals surface area contributed by atoms with Gasteiger partial charge in [-0.2, -0.15) is 0 Å². The lowest BCUT2D eigenvalue weighted by atomic mass is 9.79. The first-order valence-electron chi connectivity index (χ1n) is 7.97. The van der Waals surface area contributed by atoms with E-state index in [1.54, 1.807) is 0 Å². The van der Waals surface area contributed by atoms with Crippen LogP contribution in [0.15, 0.2) is 30.3 Å². The van der Waals surface area contributed by atoms with Gasteiger partial charge in [-0.15, -0.1) is 0 Å². The van der Waals surface area contributed by atoms with Crippen molar-refractivity contribution in [3.8, 4) is 0 Å². The van der Waals surface area contributed by atoms with Crippen LogP contribution in [0, 0.1) is 11.8 Å². The van der Waals surface area contributed by atoms with Crippen molar-refractivity contribution >= 4 is 5.91 Å². The van der Waals surface area contributed by atoms with Crippen LogP contribution in [0.1, 0.15) is 39.7 Å². The van der Waals surface area contributed by atoms with E-state index in [1.165, 1.54) is 5.56 Å². The summed E-state index contributed by atoms with van der Waals surface area (Å²) in [6, 6.07) is 10.7. The molecular formula is C18H28N2O. The fraction of sp³-hybridized carbons (Fsp3) is 0.611. The molecule has 0 bridgehead atoms. The minimum absolute atomic E-state index is 0.0647. The lowest BCUT2D eigenvalue weighted by Gasteiger charge is -2.34. The van der Waals surface area contributed by atoms with Gasteiger partial charge in [0.15, 0.2) is 0 Å². The number of nitrogens with one attached hydrogen (secondary N) is 2. The van der Waals surface area contributed by atoms with Crippen LogP contribution >= 0.6 is 0 Å². The van der Waals surface area contributed by atoms with Crippen molar-refractivity contribution in [3.63, 3.8) is 0 Å². The molecule has 1 saturated heterocycles. The topological polar surface area (TPSA) is 41.1 Å². The smallest absolute Gasteiger partial charge is 0.223 e. The van der Waals surface area contributed by atoms with Crippen LogP contribution < -0.4 is 10.6 Å². The van der Waals surface area contributed by atoms with Gasteiger partial charge >= 0.3 is 0 Å². The van der Waals surface area contributed by atoms with Gasteiger partial charge in [-0.05, 0) is 43.3 Å². The molecule has 2 N–H and O–H groups in total. The van der Waals surface area contributed by atoms with Crippen LogP contribution in [0.4, 0.5) is 0 Å². The predicted octanol–water partition coefficient (Wildman–Crippen LogP) is 2.71. The van der Waals surface area contributed by atoms with E-state index < -0.39 is 0 Å². The number of amides is 1. The van der Waals surface area contributed by atoms with Crippen LogP contribution in [0.2, 0.25) is 0 Å². The molecule has 1 aliphatic rings. The number of rotatable bonds is 6. The number of benzene rings is 1. The zero-order chi connectivity index (χ0) is 15.5. The minimum atomic E-state index is 0.0647. The highest BCUT2D eigenvalue weighted by atomic mass is 16.1. The molecule has 1 aliphatic heterocycles. The van der Waals surface area contributed by atoms with E-state index in [1.807, 2.05) is 13.0 Å². The monoisotopic (exact) mass is 288 g/mol. The molecule has 0 spiro atoms. The maximum atomic E-state index is 12.3. The van der Waals surface area contributed by atoms with Crippen molar-refractivity contribution in [2.24, 2.45) is 11.8 Å². The second-order valence-corrected chi connectivity index (χ2v) is 7.07. The molecule has 1 amide bonds. The van der Waals surface area contributed by atoms with Gasteiger partial charge in [0.25, 0.3) is 0 Å². The summed E-state index contributed by atoms with van der Waals surface area (Å²) in [6.45, 7) is 10.6. The standard InChI is InChI=1S/C18H28N2O/c1-13(20-17(21)14(2)15-11-19-12-15)10-18(3,4)16-8-6-5-7-9-16/h5-9,13-15,19H,10-12H2,1-4H3,(H,20,21). The van der Waals surface area contributed by atoms with Crippen LogP contribution in [-0.2, 0) is 10.2 Å². The second-order valence-electron chi connectivity index (χ2n) is 7.07. The predicted molar refractivity (Wildman–Crippen MR) is 87.2 cm³/mol. The van der Waals surface area contributed by atoms with Crippen LogP contribution in [-0.4, -0.2) is 25.0 Å². The van der Waals surface area contributed by atoms with Gasteiger partial charge in [0.05, 0.1) is 0 Å². The molecule has 0 radical (unpaired) electrons. The van der Waals surface area contributed by atoms with Gasteiger partial charge in [0.2, 0.25) is 5.91 Å². The van der Waals surface area contributed by atoms with Crippen LogP contribution in [0.5, 0.6) is 0 Å². The Morgan fingerprint density at radius 2 is 1.90 bits per heavy atom. The Bertz CT molecular complexity index is 465. The summed E-state index contributed by atoms with van der Waals surface area (Å²) in [5.74, 6) is 0.797. The highest BCUT2D eigenvalue weighted by Gasteiger charge is 2.30. The molecule has 0 saturated carbocycles. The van der Waals surface area contributed by atoms with E-state index in [4.69, 9.17) is 0 Å². The molecule has 2 unspecified atom stereocenters. The third-order valence-electron chi connectivity index (χ3n) is 4.69. The molecule has 3 nitrogen and oxygen atoms in total. The van der Waals surface area contributed by atoms with Crippen molar-refractivity contribution in [3.05, 3.63) is 35.9 Å². The van der Waals surface area contributed by atoms with Crippen molar-refractivity contribution in [2.75, 3.05) is 13.1 Å². The maximum absolute atomic E-state index is 12.3. The summed E-state index contributed by atoms with van der Waals surface area (Å²) in [7, 11) is 0. The Morgan fingerprint density at radius 1 is 1.29 bits per heavy atom. The first kappa shape index (κ1) is 16.0. The summed E-state index contributed by atoms with van der Waals surface area (Å²) in [4.78, 5) is 12.3. The third kappa shape index (κ3) is 4.07. The molecule has 1 heterocycles. The largest absolute Gasteiger partial charge is 0.353 e. The van der Waals surface area contributed by atoms with Crippen LogP contribution in [0.25, 0.3) is 0 Å². The lowest BCUT2D eigenvalue weighted by Crippen LogP contribution is -2.51. The summed E-state index contributed by atoms with van der Waals surface area (Å²) in [5, 5.41) is 6.42. The fourth-order valence-corrected chi connectivity index (χ4v) is 3.08. The van der Waals surface area contributed by atoms with E-state index in [9.17, 15) is 4.79 Å². The molecule has 21 heavy (non-hydrogen) atoms. The van der Waals surface area contributed by atoms with E-state index in [0.717, 1.165) is 19.5 Å². The average molecular weight is 288 g/mol. The van der Waals surface area contributed by atoms with Crippen LogP contribution in [0.3, 0.4) is 0 Å². The highest BCUT2D eigenvalue weighted by molar-refractivity contribution is 5.79. The second kappa shape index (κ2) is 6.61. The lowest BCUT2D eigenvalue weighted by molar-refractivity contribution is -0.127. The molecule has 1 fully saturated rings. The van der Waals surface area contributed by atoms with Crippen molar-refractivity contribution in [2.45, 2.75) is 45.6 Å². The number of carbonyl (C=O) groups excluding carboxylic acids is 1. The van der Waals surface area contributed by atoms with Gasteiger partial charge < -0.3 is 10.6 Å². The Morgan fingerprint density at radius 3 is 2.43 bits per heavy atom. The minimum Gasteiger partial charge on any atom is -0.353 e. The first-order valence-corrected chi connectivity index (χ1v) is 7.97. The van der Waals surface area contributed by atoms with Crippen molar-refractivity contribution in [1.29, 1.82) is 0 Å². The van der Waals surface area contributed by atoms with E-state index in [-0.39, 0.29) is 23.3 Å². The van der Waals surface area contributed by atoms with E-state index in [0.29, 0.717) is 5.92 Å². The molecule has 116 valence electrons. The van der Waals surface area contributed by atoms with Gasteiger partial charge in [-0.1, -0.05) is 51.1 Å². The zero-order valence-corrected chi connectivity index (χ0v) is 13.6. The average Bonchev–Trinajstić information content (AvgIpc) is 2.36. The molecule has 1 aromatic rings. The van der Waals surface area contributed by atoms with Gasteiger partial charge in [-0.3, -0.25) is 4.79 Å². The summed E-state index contributed by atoms with van der Waals surface area (Å²) in [6.07, 6.45) is 0.943. The molecule has 1 aromatic carbocycles. The Balaban J connectivity index is 1.88. The third-order valence-corrected chi connectivity index (χ3v) is 4.69. The molecule has 3 heteroatoms. The number of carbonyl (C=O) groups is 1. The molecule has 2 atom stereocenters. The fourth-order valence-electron chi connectivity index (χ4n) is 3.08. The Kier molecular flexibility index (Phi) is 5.04. The number of hydrogen-bond donors (Lipinski definition) is 2. The van der Waals surface area contributed by atoms with Crippen molar-refractivity contribution in [1.82, 2.24) is 10.6 Å². The molecular weight excluding hydrogens is 260 g/mol. The summed E-state index contributed by atoms with van der Waals surface area (Å²) >= 11 is 0. The quantitative estimate of drug-likeness (QED) is 0.845. The van der Waals surface area contributed by atoms with Crippen molar-refractivity contribution < 1.29 is 4.79 Å². The van der Waals surface area contributed by atoms with E-state index >= 15 is 0 Å². The van der Waals surface area contributed by atoms with Gasteiger partial charge in [0.1, 0.15) is 0 Å². The summed E-state index contributed by atoms with van der Waals surface area (Å²) < 4.78 is 0. The normalized spacial score (nSPS) is 18.7. The molecule has 2 rings (SSSR count). The SMILES string of the molecule is CC(CC(C)(C)c1ccccc1)NC(=O)C(C)C1CNC1. The molecule has 0 aliphatic carbocycles. The highest BCUT2D eigenvalue weighted by Crippen LogP contribution is 2.28. The van der Waals surface area contributed by atoms with E-state index in [2.05, 4.69) is 55.7 Å². The first-order chi connectivity index (χ1) is 9.90. The molecule has 0 aromatic heterocycles. The maximum Gasteiger partial charge on any atom is 0.223 e. The Labute approximate surface area is 128 Å².